The van der Waals surface area contributed by atoms with Gasteiger partial charge in [-0.05, 0) is 73.8 Å². The zero-order chi connectivity index (χ0) is 20.2. The Morgan fingerprint density at radius 2 is 2.00 bits per heavy atom. The molecule has 1 spiro atoms. The van der Waals surface area contributed by atoms with Gasteiger partial charge in [0.1, 0.15) is 5.82 Å². The predicted octanol–water partition coefficient (Wildman–Crippen LogP) is 3.69. The van der Waals surface area contributed by atoms with Crippen LogP contribution in [-0.2, 0) is 11.8 Å². The third-order valence-electron chi connectivity index (χ3n) is 7.19. The molecule has 1 aromatic carbocycles. The van der Waals surface area contributed by atoms with Crippen LogP contribution in [0.15, 0.2) is 30.6 Å². The van der Waals surface area contributed by atoms with Gasteiger partial charge in [0.15, 0.2) is 0 Å². The number of carbonyl (C=O) groups excluding carboxylic acids is 1. The SMILES string of the molecule is Cc1c(N)ncc(-c2ccc3c(cnn3C)c2)c1C1CCC2(CCNC2=O)CC1. The Labute approximate surface area is 170 Å². The molecule has 150 valence electrons. The lowest BCUT2D eigenvalue weighted by Gasteiger charge is -2.36. The lowest BCUT2D eigenvalue weighted by molar-refractivity contribution is -0.129. The number of amides is 1. The lowest BCUT2D eigenvalue weighted by Crippen LogP contribution is -2.34. The molecule has 0 bridgehead atoms. The van der Waals surface area contributed by atoms with Gasteiger partial charge >= 0.3 is 0 Å². The summed E-state index contributed by atoms with van der Waals surface area (Å²) in [5.74, 6) is 1.26. The third kappa shape index (κ3) is 2.81. The molecule has 3 aromatic rings. The number of hydrogen-bond donors (Lipinski definition) is 2. The summed E-state index contributed by atoms with van der Waals surface area (Å²) >= 11 is 0. The lowest BCUT2D eigenvalue weighted by atomic mass is 9.67. The first-order valence-corrected chi connectivity index (χ1v) is 10.4. The average Bonchev–Trinajstić information content (AvgIpc) is 3.27. The number of rotatable bonds is 2. The Bertz CT molecular complexity index is 1110. The normalized spacial score (nSPS) is 24.3. The molecule has 0 unspecified atom stereocenters. The van der Waals surface area contributed by atoms with Crippen molar-refractivity contribution < 1.29 is 4.79 Å². The summed E-state index contributed by atoms with van der Waals surface area (Å²) in [6, 6.07) is 6.45. The van der Waals surface area contributed by atoms with Crippen LogP contribution in [0.4, 0.5) is 5.82 Å². The summed E-state index contributed by atoms with van der Waals surface area (Å²) in [5.41, 5.74) is 11.9. The molecule has 3 N–H and O–H groups in total. The molecule has 6 heteroatoms. The molecule has 5 rings (SSSR count). The van der Waals surface area contributed by atoms with Gasteiger partial charge in [0.05, 0.1) is 17.1 Å². The molecular formula is C23H27N5O. The number of hydrogen-bond acceptors (Lipinski definition) is 4. The molecule has 2 aromatic heterocycles. The van der Waals surface area contributed by atoms with Crippen molar-refractivity contribution in [1.82, 2.24) is 20.1 Å². The molecule has 1 saturated carbocycles. The van der Waals surface area contributed by atoms with Crippen LogP contribution < -0.4 is 11.1 Å². The van der Waals surface area contributed by atoms with Crippen LogP contribution in [0.2, 0.25) is 0 Å². The first kappa shape index (κ1) is 18.2. The van der Waals surface area contributed by atoms with E-state index < -0.39 is 0 Å². The predicted molar refractivity (Wildman–Crippen MR) is 114 cm³/mol. The minimum atomic E-state index is -0.141. The van der Waals surface area contributed by atoms with E-state index >= 15 is 0 Å². The first-order valence-electron chi connectivity index (χ1n) is 10.4. The Morgan fingerprint density at radius 1 is 1.21 bits per heavy atom. The van der Waals surface area contributed by atoms with E-state index in [4.69, 9.17) is 5.73 Å². The number of carbonyl (C=O) groups is 1. The fourth-order valence-corrected chi connectivity index (χ4v) is 5.38. The van der Waals surface area contributed by atoms with Gasteiger partial charge in [-0.3, -0.25) is 9.48 Å². The number of nitrogens with zero attached hydrogens (tertiary/aromatic N) is 3. The number of nitrogen functional groups attached to an aromatic ring is 1. The Morgan fingerprint density at radius 3 is 2.72 bits per heavy atom. The van der Waals surface area contributed by atoms with E-state index in [9.17, 15) is 4.79 Å². The maximum absolute atomic E-state index is 12.4. The van der Waals surface area contributed by atoms with Gasteiger partial charge < -0.3 is 11.1 Å². The number of aryl methyl sites for hydroxylation is 1. The van der Waals surface area contributed by atoms with Crippen molar-refractivity contribution in [2.75, 3.05) is 12.3 Å². The molecule has 29 heavy (non-hydrogen) atoms. The van der Waals surface area contributed by atoms with Gasteiger partial charge in [0.25, 0.3) is 0 Å². The van der Waals surface area contributed by atoms with Crippen LogP contribution in [0, 0.1) is 12.3 Å². The largest absolute Gasteiger partial charge is 0.383 e. The van der Waals surface area contributed by atoms with Crippen LogP contribution in [0.3, 0.4) is 0 Å². The summed E-state index contributed by atoms with van der Waals surface area (Å²) in [6.45, 7) is 2.90. The van der Waals surface area contributed by atoms with Gasteiger partial charge in [-0.15, -0.1) is 0 Å². The van der Waals surface area contributed by atoms with Crippen LogP contribution in [0.1, 0.15) is 49.1 Å². The maximum atomic E-state index is 12.4. The van der Waals surface area contributed by atoms with Crippen molar-refractivity contribution in [3.8, 4) is 11.1 Å². The molecule has 1 aliphatic carbocycles. The minimum Gasteiger partial charge on any atom is -0.383 e. The second kappa shape index (κ2) is 6.58. The van der Waals surface area contributed by atoms with Gasteiger partial charge in [-0.1, -0.05) is 6.07 Å². The van der Waals surface area contributed by atoms with Gasteiger partial charge in [-0.25, -0.2) is 4.98 Å². The fourth-order valence-electron chi connectivity index (χ4n) is 5.38. The molecule has 0 radical (unpaired) electrons. The van der Waals surface area contributed by atoms with E-state index in [1.54, 1.807) is 0 Å². The van der Waals surface area contributed by atoms with Crippen LogP contribution in [0.25, 0.3) is 22.0 Å². The molecule has 1 saturated heterocycles. The fraction of sp³-hybridized carbons (Fsp3) is 0.435. The van der Waals surface area contributed by atoms with Crippen molar-refractivity contribution in [3.05, 3.63) is 41.7 Å². The molecular weight excluding hydrogens is 362 g/mol. The number of aromatic nitrogens is 3. The van der Waals surface area contributed by atoms with E-state index in [1.807, 2.05) is 24.1 Å². The van der Waals surface area contributed by atoms with Crippen molar-refractivity contribution in [1.29, 1.82) is 0 Å². The number of anilines is 1. The van der Waals surface area contributed by atoms with Crippen molar-refractivity contribution in [2.45, 2.75) is 44.9 Å². The van der Waals surface area contributed by atoms with Gasteiger partial charge in [-0.2, -0.15) is 5.10 Å². The Balaban J connectivity index is 1.54. The first-order chi connectivity index (χ1) is 14.0. The number of pyridine rings is 1. The molecule has 1 aliphatic heterocycles. The number of benzene rings is 1. The van der Waals surface area contributed by atoms with Gasteiger partial charge in [0, 0.05) is 30.7 Å². The summed E-state index contributed by atoms with van der Waals surface area (Å²) in [6.07, 6.45) is 8.72. The highest BCUT2D eigenvalue weighted by Gasteiger charge is 2.45. The van der Waals surface area contributed by atoms with Crippen LogP contribution in [-0.4, -0.2) is 27.2 Å². The van der Waals surface area contributed by atoms with Crippen molar-refractivity contribution in [3.63, 3.8) is 0 Å². The summed E-state index contributed by atoms with van der Waals surface area (Å²) in [5, 5.41) is 8.52. The van der Waals surface area contributed by atoms with Crippen LogP contribution >= 0.6 is 0 Å². The Kier molecular flexibility index (Phi) is 4.12. The molecule has 2 aliphatic rings. The number of fused-ring (bicyclic) bond motifs is 1. The van der Waals surface area contributed by atoms with Crippen LogP contribution in [0.5, 0.6) is 0 Å². The molecule has 1 amide bonds. The van der Waals surface area contributed by atoms with E-state index in [2.05, 4.69) is 40.5 Å². The van der Waals surface area contributed by atoms with Gasteiger partial charge in [0.2, 0.25) is 5.91 Å². The molecule has 3 heterocycles. The number of nitrogens with two attached hydrogens (primary N) is 1. The molecule has 2 fully saturated rings. The monoisotopic (exact) mass is 389 g/mol. The zero-order valence-corrected chi connectivity index (χ0v) is 17.0. The minimum absolute atomic E-state index is 0.141. The Hall–Kier alpha value is -2.89. The second-order valence-corrected chi connectivity index (χ2v) is 8.70. The molecule has 0 atom stereocenters. The average molecular weight is 390 g/mol. The highest BCUT2D eigenvalue weighted by molar-refractivity contribution is 5.86. The standard InChI is InChI=1S/C23H27N5O/c1-14-20(15-5-7-23(8-6-15)9-10-25-22(23)29)18(13-26-21(14)24)16-3-4-19-17(11-16)12-27-28(19)2/h3-4,11-13,15H,5-10H2,1-2H3,(H2,24,26)(H,25,29). The van der Waals surface area contributed by atoms with Crippen molar-refractivity contribution in [2.24, 2.45) is 12.5 Å². The summed E-state index contributed by atoms with van der Waals surface area (Å²) in [4.78, 5) is 16.9. The zero-order valence-electron chi connectivity index (χ0n) is 17.0. The maximum Gasteiger partial charge on any atom is 0.226 e. The van der Waals surface area contributed by atoms with E-state index in [0.717, 1.165) is 66.2 Å². The highest BCUT2D eigenvalue weighted by Crippen LogP contribution is 2.49. The van der Waals surface area contributed by atoms with E-state index in [0.29, 0.717) is 11.7 Å². The highest BCUT2D eigenvalue weighted by atomic mass is 16.2. The van der Waals surface area contributed by atoms with Crippen molar-refractivity contribution >= 4 is 22.6 Å². The summed E-state index contributed by atoms with van der Waals surface area (Å²) < 4.78 is 1.89. The quantitative estimate of drug-likeness (QED) is 0.700. The second-order valence-electron chi connectivity index (χ2n) is 8.70. The number of nitrogens with one attached hydrogen (secondary N) is 1. The van der Waals surface area contributed by atoms with E-state index in [-0.39, 0.29) is 11.3 Å². The molecule has 6 nitrogen and oxygen atoms in total. The summed E-state index contributed by atoms with van der Waals surface area (Å²) in [7, 11) is 1.96. The smallest absolute Gasteiger partial charge is 0.226 e. The topological polar surface area (TPSA) is 85.8 Å². The third-order valence-corrected chi connectivity index (χ3v) is 7.19. The van der Waals surface area contributed by atoms with E-state index in [1.165, 1.54) is 5.56 Å².